The van der Waals surface area contributed by atoms with E-state index in [9.17, 15) is 0 Å². The minimum absolute atomic E-state index is 0.640. The van der Waals surface area contributed by atoms with Gasteiger partial charge in [-0.15, -0.1) is 0 Å². The third kappa shape index (κ3) is 0.797. The maximum Gasteiger partial charge on any atom is 0.0310 e. The summed E-state index contributed by atoms with van der Waals surface area (Å²) in [5.41, 5.74) is 2.05. The summed E-state index contributed by atoms with van der Waals surface area (Å²) in [5, 5.41) is 0. The molecule has 1 heterocycles. The fourth-order valence-electron chi connectivity index (χ4n) is 7.84. The van der Waals surface area contributed by atoms with Crippen LogP contribution in [-0.2, 0) is 0 Å². The van der Waals surface area contributed by atoms with Crippen molar-refractivity contribution in [2.75, 3.05) is 7.05 Å². The molecule has 18 heavy (non-hydrogen) atoms. The average molecular weight is 247 g/mol. The summed E-state index contributed by atoms with van der Waals surface area (Å²) in [5.74, 6) is 2.98. The van der Waals surface area contributed by atoms with E-state index in [0.29, 0.717) is 16.4 Å². The van der Waals surface area contributed by atoms with E-state index >= 15 is 0 Å². The van der Waals surface area contributed by atoms with Gasteiger partial charge < -0.3 is 0 Å². The first kappa shape index (κ1) is 11.8. The highest BCUT2D eigenvalue weighted by Crippen LogP contribution is 2.87. The zero-order valence-corrected chi connectivity index (χ0v) is 12.8. The molecular formula is C17H29N. The van der Waals surface area contributed by atoms with E-state index < -0.39 is 0 Å². The van der Waals surface area contributed by atoms with Crippen LogP contribution in [0.2, 0.25) is 0 Å². The van der Waals surface area contributed by atoms with Gasteiger partial charge in [0.2, 0.25) is 0 Å². The highest BCUT2D eigenvalue weighted by atomic mass is 15.3. The molecule has 5 rings (SSSR count). The third-order valence-corrected chi connectivity index (χ3v) is 8.31. The van der Waals surface area contributed by atoms with Gasteiger partial charge in [-0.25, -0.2) is 0 Å². The quantitative estimate of drug-likeness (QED) is 0.714. The largest absolute Gasteiger partial charge is 0.297 e. The van der Waals surface area contributed by atoms with Crippen molar-refractivity contribution < 1.29 is 0 Å². The monoisotopic (exact) mass is 247 g/mol. The molecule has 5 fully saturated rings. The predicted molar refractivity (Wildman–Crippen MR) is 75.4 cm³/mol. The first-order valence-corrected chi connectivity index (χ1v) is 8.21. The van der Waals surface area contributed by atoms with Crippen LogP contribution in [0.25, 0.3) is 0 Å². The lowest BCUT2D eigenvalue weighted by atomic mass is 9.22. The summed E-state index contributed by atoms with van der Waals surface area (Å²) < 4.78 is 0. The number of hydrogen-bond acceptors (Lipinski definition) is 1. The molecule has 4 bridgehead atoms. The maximum absolute atomic E-state index is 2.86. The molecule has 0 aromatic carbocycles. The average Bonchev–Trinajstić information content (AvgIpc) is 2.50. The summed E-state index contributed by atoms with van der Waals surface area (Å²) >= 11 is 0. The smallest absolute Gasteiger partial charge is 0.0310 e. The molecule has 4 unspecified atom stereocenters. The minimum atomic E-state index is 0.640. The number of rotatable bonds is 2. The molecule has 4 saturated carbocycles. The molecular weight excluding hydrogens is 218 g/mol. The molecule has 4 aliphatic carbocycles. The Morgan fingerprint density at radius 1 is 1.17 bits per heavy atom. The first-order chi connectivity index (χ1) is 8.48. The molecule has 0 amide bonds. The van der Waals surface area contributed by atoms with Crippen LogP contribution in [0.4, 0.5) is 0 Å². The van der Waals surface area contributed by atoms with Crippen molar-refractivity contribution in [1.29, 1.82) is 0 Å². The van der Waals surface area contributed by atoms with E-state index in [0.717, 1.165) is 23.8 Å². The standard InChI is InChI=1S/C17H29N/c1-6-12-8-15(4)10-17-14(15)9-16(12,17)11(3)13(7-2)18(17)5/h11-14H,6-10H2,1-5H3/t11-,12?,13?,14+,15?,16+,17?/m0/s1. The Morgan fingerprint density at radius 3 is 2.44 bits per heavy atom. The molecule has 1 nitrogen and oxygen atoms in total. The Kier molecular flexibility index (Phi) is 1.96. The van der Waals surface area contributed by atoms with Gasteiger partial charge in [0.05, 0.1) is 0 Å². The van der Waals surface area contributed by atoms with Gasteiger partial charge in [0, 0.05) is 11.6 Å². The molecule has 0 radical (unpaired) electrons. The molecule has 102 valence electrons. The molecule has 0 N–H and O–H groups in total. The fourth-order valence-corrected chi connectivity index (χ4v) is 7.84. The number of likely N-dealkylation sites (tertiary alicyclic amines) is 1. The summed E-state index contributed by atoms with van der Waals surface area (Å²) in [6, 6.07) is 0.853. The molecule has 5 aliphatic rings. The fraction of sp³-hybridized carbons (Fsp3) is 1.00. The van der Waals surface area contributed by atoms with Crippen molar-refractivity contribution in [3.05, 3.63) is 0 Å². The summed E-state index contributed by atoms with van der Waals surface area (Å²) in [4.78, 5) is 2.86. The van der Waals surface area contributed by atoms with Crippen molar-refractivity contribution in [1.82, 2.24) is 4.90 Å². The normalized spacial score (nSPS) is 65.2. The van der Waals surface area contributed by atoms with Gasteiger partial charge in [-0.2, -0.15) is 0 Å². The topological polar surface area (TPSA) is 3.24 Å². The molecule has 2 spiro atoms. The van der Waals surface area contributed by atoms with Gasteiger partial charge in [-0.1, -0.05) is 34.1 Å². The summed E-state index contributed by atoms with van der Waals surface area (Å²) in [6.45, 7) is 10.0. The van der Waals surface area contributed by atoms with E-state index in [2.05, 4.69) is 39.6 Å². The summed E-state index contributed by atoms with van der Waals surface area (Å²) in [7, 11) is 2.45. The van der Waals surface area contributed by atoms with Gasteiger partial charge >= 0.3 is 0 Å². The molecule has 0 aromatic rings. The minimum Gasteiger partial charge on any atom is -0.297 e. The van der Waals surface area contributed by atoms with Gasteiger partial charge in [0.1, 0.15) is 0 Å². The third-order valence-electron chi connectivity index (χ3n) is 8.31. The summed E-state index contributed by atoms with van der Waals surface area (Å²) in [6.07, 6.45) is 7.37. The molecule has 7 atom stereocenters. The lowest BCUT2D eigenvalue weighted by Crippen LogP contribution is -2.85. The van der Waals surface area contributed by atoms with E-state index in [-0.39, 0.29) is 0 Å². The Morgan fingerprint density at radius 2 is 1.89 bits per heavy atom. The Hall–Kier alpha value is -0.0400. The second kappa shape index (κ2) is 3.00. The Labute approximate surface area is 112 Å². The number of nitrogens with zero attached hydrogens (tertiary/aromatic N) is 1. The lowest BCUT2D eigenvalue weighted by molar-refractivity contribution is -0.342. The predicted octanol–water partition coefficient (Wildman–Crippen LogP) is 3.93. The van der Waals surface area contributed by atoms with Crippen molar-refractivity contribution >= 4 is 0 Å². The highest BCUT2D eigenvalue weighted by Gasteiger charge is 2.87. The van der Waals surface area contributed by atoms with Crippen LogP contribution in [0.15, 0.2) is 0 Å². The Balaban J connectivity index is 1.84. The first-order valence-electron chi connectivity index (χ1n) is 8.21. The van der Waals surface area contributed by atoms with E-state index in [4.69, 9.17) is 0 Å². The van der Waals surface area contributed by atoms with Gasteiger partial charge in [-0.05, 0) is 61.3 Å². The zero-order chi connectivity index (χ0) is 12.9. The number of fused-ring (bicyclic) bond motifs is 1. The van der Waals surface area contributed by atoms with Crippen molar-refractivity contribution in [2.24, 2.45) is 28.6 Å². The highest BCUT2D eigenvalue weighted by molar-refractivity contribution is 5.39. The van der Waals surface area contributed by atoms with Gasteiger partial charge in [-0.3, -0.25) is 4.90 Å². The maximum atomic E-state index is 2.86. The lowest BCUT2D eigenvalue weighted by Gasteiger charge is -2.85. The second-order valence-electron chi connectivity index (χ2n) is 8.24. The number of hydrogen-bond donors (Lipinski definition) is 0. The van der Waals surface area contributed by atoms with Crippen molar-refractivity contribution in [2.45, 2.75) is 71.4 Å². The Bertz CT molecular complexity index is 400. The van der Waals surface area contributed by atoms with Crippen molar-refractivity contribution in [3.8, 4) is 0 Å². The SMILES string of the molecule is CCC1[C@H](C)[C@]23C[C@@H]4C(C)(CC2CC)CC43N1C. The molecule has 1 heteroatoms. The zero-order valence-electron chi connectivity index (χ0n) is 12.8. The van der Waals surface area contributed by atoms with Crippen LogP contribution in [0, 0.1) is 28.6 Å². The second-order valence-corrected chi connectivity index (χ2v) is 8.24. The molecule has 0 aromatic heterocycles. The van der Waals surface area contributed by atoms with Crippen LogP contribution >= 0.6 is 0 Å². The van der Waals surface area contributed by atoms with Crippen LogP contribution in [0.5, 0.6) is 0 Å². The van der Waals surface area contributed by atoms with E-state index in [1.54, 1.807) is 6.42 Å². The van der Waals surface area contributed by atoms with Gasteiger partial charge in [0.25, 0.3) is 0 Å². The molecule has 1 aliphatic heterocycles. The van der Waals surface area contributed by atoms with Crippen molar-refractivity contribution in [3.63, 3.8) is 0 Å². The van der Waals surface area contributed by atoms with Crippen LogP contribution in [0.3, 0.4) is 0 Å². The molecule has 1 saturated heterocycles. The van der Waals surface area contributed by atoms with E-state index in [1.165, 1.54) is 25.7 Å². The van der Waals surface area contributed by atoms with Crippen LogP contribution in [-0.4, -0.2) is 23.5 Å². The van der Waals surface area contributed by atoms with Crippen LogP contribution < -0.4 is 0 Å². The van der Waals surface area contributed by atoms with E-state index in [1.807, 2.05) is 0 Å². The van der Waals surface area contributed by atoms with Gasteiger partial charge in [0.15, 0.2) is 0 Å². The van der Waals surface area contributed by atoms with Crippen LogP contribution in [0.1, 0.15) is 59.8 Å².